The van der Waals surface area contributed by atoms with Crippen molar-refractivity contribution in [2.45, 2.75) is 13.1 Å². The van der Waals surface area contributed by atoms with Crippen molar-refractivity contribution in [1.29, 1.82) is 0 Å². The zero-order valence-electron chi connectivity index (χ0n) is 22.7. The standard InChI is InChI=1S/C36H25N3SSi/c1-41(2)30-19-11-8-16-25(30)34-35(41)33(22-12-4-3-5-13-22)37-36(38-34)39-26-17-9-6-14-23(26)31-27(39)20-21-29-32(31)24-15-7-10-18-28(24)40-29/h3-21H,1-2H3. The van der Waals surface area contributed by atoms with Gasteiger partial charge in [0, 0.05) is 36.5 Å². The van der Waals surface area contributed by atoms with Gasteiger partial charge in [0.05, 0.1) is 22.4 Å². The van der Waals surface area contributed by atoms with Crippen molar-refractivity contribution in [3.05, 3.63) is 115 Å². The summed E-state index contributed by atoms with van der Waals surface area (Å²) in [5.74, 6) is 0.731. The molecule has 41 heavy (non-hydrogen) atoms. The van der Waals surface area contributed by atoms with Gasteiger partial charge < -0.3 is 0 Å². The predicted molar refractivity (Wildman–Crippen MR) is 177 cm³/mol. The molecule has 9 rings (SSSR count). The van der Waals surface area contributed by atoms with E-state index in [4.69, 9.17) is 9.97 Å². The molecule has 5 heteroatoms. The van der Waals surface area contributed by atoms with Gasteiger partial charge in [-0.15, -0.1) is 11.3 Å². The molecule has 5 aromatic carbocycles. The summed E-state index contributed by atoms with van der Waals surface area (Å²) in [5.41, 5.74) is 6.83. The van der Waals surface area contributed by atoms with Gasteiger partial charge in [-0.3, -0.25) is 4.57 Å². The van der Waals surface area contributed by atoms with Crippen LogP contribution in [0.4, 0.5) is 0 Å². The van der Waals surface area contributed by atoms with E-state index in [-0.39, 0.29) is 0 Å². The Labute approximate surface area is 242 Å². The van der Waals surface area contributed by atoms with Crippen molar-refractivity contribution in [2.75, 3.05) is 0 Å². The quantitative estimate of drug-likeness (QED) is 0.199. The van der Waals surface area contributed by atoms with E-state index in [1.165, 1.54) is 46.9 Å². The molecule has 3 nitrogen and oxygen atoms in total. The average Bonchev–Trinajstić information content (AvgIpc) is 3.63. The van der Waals surface area contributed by atoms with Crippen LogP contribution >= 0.6 is 11.3 Å². The molecule has 194 valence electrons. The van der Waals surface area contributed by atoms with Crippen molar-refractivity contribution in [1.82, 2.24) is 14.5 Å². The highest BCUT2D eigenvalue weighted by Gasteiger charge is 2.41. The Balaban J connectivity index is 1.45. The van der Waals surface area contributed by atoms with Gasteiger partial charge in [-0.1, -0.05) is 104 Å². The third kappa shape index (κ3) is 3.07. The zero-order chi connectivity index (χ0) is 27.3. The number of benzene rings is 5. The number of hydrogen-bond acceptors (Lipinski definition) is 3. The summed E-state index contributed by atoms with van der Waals surface area (Å²) in [6, 6.07) is 41.5. The molecule has 3 aromatic heterocycles. The van der Waals surface area contributed by atoms with Crippen LogP contribution in [0.15, 0.2) is 115 Å². The summed E-state index contributed by atoms with van der Waals surface area (Å²) < 4.78 is 4.91. The Morgan fingerprint density at radius 1 is 0.585 bits per heavy atom. The smallest absolute Gasteiger partial charge is 0.235 e. The van der Waals surface area contributed by atoms with E-state index < -0.39 is 8.07 Å². The second kappa shape index (κ2) is 8.23. The molecule has 0 bridgehead atoms. The first-order valence-electron chi connectivity index (χ1n) is 14.0. The lowest BCUT2D eigenvalue weighted by molar-refractivity contribution is 1.00. The maximum Gasteiger partial charge on any atom is 0.235 e. The van der Waals surface area contributed by atoms with E-state index in [2.05, 4.69) is 133 Å². The average molecular weight is 560 g/mol. The van der Waals surface area contributed by atoms with Crippen LogP contribution < -0.4 is 10.4 Å². The predicted octanol–water partition coefficient (Wildman–Crippen LogP) is 8.41. The molecule has 0 radical (unpaired) electrons. The number of hydrogen-bond donors (Lipinski definition) is 0. The summed E-state index contributed by atoms with van der Waals surface area (Å²) in [5, 5.41) is 7.91. The Hall–Kier alpha value is -4.58. The van der Waals surface area contributed by atoms with Crippen LogP contribution in [0.25, 0.3) is 70.4 Å². The van der Waals surface area contributed by atoms with E-state index in [0.29, 0.717) is 0 Å². The molecule has 0 atom stereocenters. The molecule has 4 heterocycles. The van der Waals surface area contributed by atoms with E-state index in [1.54, 1.807) is 0 Å². The number of nitrogens with zero attached hydrogens (tertiary/aromatic N) is 3. The van der Waals surface area contributed by atoms with Crippen LogP contribution in [0.3, 0.4) is 0 Å². The van der Waals surface area contributed by atoms with E-state index in [1.807, 2.05) is 11.3 Å². The van der Waals surface area contributed by atoms with Crippen LogP contribution in [0.1, 0.15) is 0 Å². The normalized spacial score (nSPS) is 13.8. The molecule has 0 fully saturated rings. The highest BCUT2D eigenvalue weighted by molar-refractivity contribution is 7.26. The molecule has 0 unspecified atom stereocenters. The summed E-state index contributed by atoms with van der Waals surface area (Å²) >= 11 is 1.86. The van der Waals surface area contributed by atoms with Crippen molar-refractivity contribution >= 4 is 71.8 Å². The highest BCUT2D eigenvalue weighted by atomic mass is 32.1. The van der Waals surface area contributed by atoms with Crippen LogP contribution in [0.2, 0.25) is 13.1 Å². The number of para-hydroxylation sites is 1. The second-order valence-electron chi connectivity index (χ2n) is 11.4. The largest absolute Gasteiger partial charge is 0.278 e. The molecular weight excluding hydrogens is 535 g/mol. The number of thiophene rings is 1. The first kappa shape index (κ1) is 23.2. The summed E-state index contributed by atoms with van der Waals surface area (Å²) in [4.78, 5) is 10.9. The third-order valence-electron chi connectivity index (χ3n) is 8.80. The minimum absolute atomic E-state index is 0.731. The summed E-state index contributed by atoms with van der Waals surface area (Å²) in [6.45, 7) is 4.87. The Bertz CT molecular complexity index is 2350. The van der Waals surface area contributed by atoms with Crippen LogP contribution in [-0.2, 0) is 0 Å². The van der Waals surface area contributed by atoms with Crippen LogP contribution in [-0.4, -0.2) is 22.6 Å². The maximum absolute atomic E-state index is 5.46. The summed E-state index contributed by atoms with van der Waals surface area (Å²) in [7, 11) is -2.01. The minimum atomic E-state index is -2.01. The lowest BCUT2D eigenvalue weighted by atomic mass is 10.1. The number of aromatic nitrogens is 3. The molecule has 0 saturated heterocycles. The van der Waals surface area contributed by atoms with Gasteiger partial charge in [-0.25, -0.2) is 9.97 Å². The van der Waals surface area contributed by atoms with Gasteiger partial charge >= 0.3 is 0 Å². The SMILES string of the molecule is C[Si]1(C)c2ccccc2-c2nc(-n3c4ccccc4c4c5c(ccc43)sc3ccccc35)nc(-c3ccccc3)c21. The molecule has 0 aliphatic carbocycles. The monoisotopic (exact) mass is 559 g/mol. The summed E-state index contributed by atoms with van der Waals surface area (Å²) in [6.07, 6.45) is 0. The lowest BCUT2D eigenvalue weighted by Gasteiger charge is -2.21. The Morgan fingerprint density at radius 3 is 2.17 bits per heavy atom. The number of rotatable bonds is 2. The van der Waals surface area contributed by atoms with Gasteiger partial charge in [-0.2, -0.15) is 0 Å². The van der Waals surface area contributed by atoms with Gasteiger partial charge in [-0.05, 0) is 40.2 Å². The zero-order valence-corrected chi connectivity index (χ0v) is 24.5. The molecule has 0 N–H and O–H groups in total. The molecular formula is C36H25N3SSi. The van der Waals surface area contributed by atoms with E-state index >= 15 is 0 Å². The fraction of sp³-hybridized carbons (Fsp3) is 0.0556. The Morgan fingerprint density at radius 2 is 1.29 bits per heavy atom. The minimum Gasteiger partial charge on any atom is -0.278 e. The molecule has 0 saturated carbocycles. The van der Waals surface area contributed by atoms with Gasteiger partial charge in [0.1, 0.15) is 8.07 Å². The fourth-order valence-electron chi connectivity index (χ4n) is 7.00. The van der Waals surface area contributed by atoms with Crippen molar-refractivity contribution in [2.24, 2.45) is 0 Å². The van der Waals surface area contributed by atoms with Crippen molar-refractivity contribution in [3.8, 4) is 28.5 Å². The number of fused-ring (bicyclic) bond motifs is 10. The second-order valence-corrected chi connectivity index (χ2v) is 16.8. The molecule has 1 aliphatic rings. The first-order chi connectivity index (χ1) is 20.1. The molecule has 1 aliphatic heterocycles. The topological polar surface area (TPSA) is 30.7 Å². The van der Waals surface area contributed by atoms with Gasteiger partial charge in [0.15, 0.2) is 0 Å². The Kier molecular flexibility index (Phi) is 4.65. The van der Waals surface area contributed by atoms with Crippen LogP contribution in [0.5, 0.6) is 0 Å². The van der Waals surface area contributed by atoms with Crippen molar-refractivity contribution < 1.29 is 0 Å². The van der Waals surface area contributed by atoms with Crippen LogP contribution in [0, 0.1) is 0 Å². The van der Waals surface area contributed by atoms with E-state index in [0.717, 1.165) is 33.9 Å². The first-order valence-corrected chi connectivity index (χ1v) is 17.8. The highest BCUT2D eigenvalue weighted by Crippen LogP contribution is 2.43. The van der Waals surface area contributed by atoms with Crippen molar-refractivity contribution in [3.63, 3.8) is 0 Å². The lowest BCUT2D eigenvalue weighted by Crippen LogP contribution is -2.50. The fourth-order valence-corrected chi connectivity index (χ4v) is 11.3. The molecule has 0 amide bonds. The molecule has 8 aromatic rings. The molecule has 0 spiro atoms. The van der Waals surface area contributed by atoms with Gasteiger partial charge in [0.25, 0.3) is 0 Å². The third-order valence-corrected chi connectivity index (χ3v) is 13.4. The van der Waals surface area contributed by atoms with E-state index in [9.17, 15) is 0 Å². The van der Waals surface area contributed by atoms with Gasteiger partial charge in [0.2, 0.25) is 5.95 Å². The maximum atomic E-state index is 5.46.